The standard InChI is InChI=1S/C25H25Cl2N5O5S/c1-38(35,36)18-9-10-19(21(13-18)37-17-7-5-16(32-27)6-8-17)24(33)30-20-3-2-12-28-23(20)25(34)31-22-11-4-15(26)14-29-22/h2-4,9-14,16-17,32H,5-8H2,1H3,(H,30,33)(H,29,31,34)/t16-,17+. The van der Waals surface area contributed by atoms with Gasteiger partial charge in [0.05, 0.1) is 27.3 Å². The number of hydrogen-bond acceptors (Lipinski definition) is 8. The second-order valence-corrected chi connectivity index (χ2v) is 11.5. The van der Waals surface area contributed by atoms with Gasteiger partial charge in [0.2, 0.25) is 0 Å². The third-order valence-electron chi connectivity index (χ3n) is 5.99. The van der Waals surface area contributed by atoms with Gasteiger partial charge in [-0.1, -0.05) is 11.6 Å². The average molecular weight is 578 g/mol. The summed E-state index contributed by atoms with van der Waals surface area (Å²) in [6.45, 7) is 0. The number of carbonyl (C=O) groups excluding carboxylic acids is 2. The van der Waals surface area contributed by atoms with Crippen molar-refractivity contribution in [1.29, 1.82) is 0 Å². The third-order valence-corrected chi connectivity index (χ3v) is 7.63. The molecule has 200 valence electrons. The molecule has 3 aromatic rings. The topological polar surface area (TPSA) is 139 Å². The van der Waals surface area contributed by atoms with Crippen molar-refractivity contribution in [2.75, 3.05) is 16.9 Å². The zero-order valence-electron chi connectivity index (χ0n) is 20.3. The van der Waals surface area contributed by atoms with Crippen LogP contribution in [0.15, 0.2) is 59.8 Å². The van der Waals surface area contributed by atoms with Crippen LogP contribution in [0.4, 0.5) is 11.5 Å². The van der Waals surface area contributed by atoms with Crippen LogP contribution in [0.3, 0.4) is 0 Å². The highest BCUT2D eigenvalue weighted by molar-refractivity contribution is 7.90. The Kier molecular flexibility index (Phi) is 8.83. The number of aromatic nitrogens is 2. The predicted molar refractivity (Wildman–Crippen MR) is 145 cm³/mol. The molecule has 0 radical (unpaired) electrons. The van der Waals surface area contributed by atoms with E-state index in [1.165, 1.54) is 42.7 Å². The molecule has 0 unspecified atom stereocenters. The van der Waals surface area contributed by atoms with Crippen molar-refractivity contribution in [2.45, 2.75) is 42.7 Å². The van der Waals surface area contributed by atoms with Gasteiger partial charge in [0, 0.05) is 24.7 Å². The molecule has 1 fully saturated rings. The smallest absolute Gasteiger partial charge is 0.277 e. The Balaban J connectivity index is 1.58. The fourth-order valence-electron chi connectivity index (χ4n) is 3.99. The van der Waals surface area contributed by atoms with E-state index in [9.17, 15) is 18.0 Å². The van der Waals surface area contributed by atoms with Gasteiger partial charge >= 0.3 is 0 Å². The Hall–Kier alpha value is -3.25. The largest absolute Gasteiger partial charge is 0.490 e. The molecule has 0 aliphatic heterocycles. The minimum absolute atomic E-state index is 0.0251. The maximum Gasteiger partial charge on any atom is 0.277 e. The van der Waals surface area contributed by atoms with Gasteiger partial charge in [-0.3, -0.25) is 9.59 Å². The Labute approximate surface area is 230 Å². The number of nitrogens with one attached hydrogen (secondary N) is 3. The minimum Gasteiger partial charge on any atom is -0.490 e. The van der Waals surface area contributed by atoms with Crippen molar-refractivity contribution >= 4 is 56.5 Å². The molecule has 0 spiro atoms. The average Bonchev–Trinajstić information content (AvgIpc) is 2.90. The van der Waals surface area contributed by atoms with Crippen LogP contribution in [0.5, 0.6) is 5.75 Å². The van der Waals surface area contributed by atoms with E-state index >= 15 is 0 Å². The zero-order valence-corrected chi connectivity index (χ0v) is 22.6. The first-order valence-electron chi connectivity index (χ1n) is 11.7. The van der Waals surface area contributed by atoms with Crippen molar-refractivity contribution in [3.8, 4) is 5.75 Å². The van der Waals surface area contributed by atoms with Crippen molar-refractivity contribution in [3.05, 3.63) is 71.1 Å². The maximum absolute atomic E-state index is 13.4. The fraction of sp³-hybridized carbons (Fsp3) is 0.280. The van der Waals surface area contributed by atoms with E-state index in [-0.39, 0.29) is 45.6 Å². The minimum atomic E-state index is -3.55. The van der Waals surface area contributed by atoms with E-state index in [1.807, 2.05) is 0 Å². The lowest BCUT2D eigenvalue weighted by atomic mass is 9.93. The van der Waals surface area contributed by atoms with E-state index in [1.54, 1.807) is 12.1 Å². The highest BCUT2D eigenvalue weighted by atomic mass is 35.5. The van der Waals surface area contributed by atoms with Crippen LogP contribution >= 0.6 is 23.4 Å². The molecular formula is C25H25Cl2N5O5S. The quantitative estimate of drug-likeness (QED) is 0.333. The molecule has 1 aliphatic carbocycles. The lowest BCUT2D eigenvalue weighted by Gasteiger charge is -2.28. The summed E-state index contributed by atoms with van der Waals surface area (Å²) in [7, 11) is -3.55. The molecule has 2 heterocycles. The number of hydrogen-bond donors (Lipinski definition) is 3. The predicted octanol–water partition coefficient (Wildman–Crippen LogP) is 4.47. The van der Waals surface area contributed by atoms with Crippen molar-refractivity contribution < 1.29 is 22.7 Å². The number of rotatable bonds is 8. The number of sulfone groups is 1. The number of carbonyl (C=O) groups is 2. The van der Waals surface area contributed by atoms with Crippen LogP contribution in [0.1, 0.15) is 46.5 Å². The van der Waals surface area contributed by atoms with Crippen LogP contribution in [-0.2, 0) is 9.84 Å². The van der Waals surface area contributed by atoms with E-state index in [0.717, 1.165) is 19.1 Å². The van der Waals surface area contributed by atoms with E-state index in [2.05, 4.69) is 25.4 Å². The van der Waals surface area contributed by atoms with Crippen LogP contribution in [0, 0.1) is 0 Å². The highest BCUT2D eigenvalue weighted by Crippen LogP contribution is 2.30. The SMILES string of the molecule is CS(=O)(=O)c1ccc(C(=O)Nc2cccnc2C(=O)Nc2ccc(Cl)cn2)c(O[C@H]2CC[C@@H](NCl)CC2)c1. The van der Waals surface area contributed by atoms with Gasteiger partial charge in [-0.15, -0.1) is 0 Å². The van der Waals surface area contributed by atoms with Gasteiger partial charge in [0.1, 0.15) is 11.6 Å². The van der Waals surface area contributed by atoms with Crippen molar-refractivity contribution in [3.63, 3.8) is 0 Å². The molecule has 2 amide bonds. The summed E-state index contributed by atoms with van der Waals surface area (Å²) < 4.78 is 30.5. The lowest BCUT2D eigenvalue weighted by Crippen LogP contribution is -2.32. The summed E-state index contributed by atoms with van der Waals surface area (Å²) in [5.41, 5.74) is 0.222. The molecule has 1 aromatic carbocycles. The molecule has 0 bridgehead atoms. The Morgan fingerprint density at radius 1 is 1.00 bits per heavy atom. The number of benzene rings is 1. The second kappa shape index (κ2) is 12.1. The summed E-state index contributed by atoms with van der Waals surface area (Å²) in [5, 5.41) is 5.72. The highest BCUT2D eigenvalue weighted by Gasteiger charge is 2.25. The number of amides is 2. The molecule has 0 atom stereocenters. The molecular weight excluding hydrogens is 553 g/mol. The Bertz CT molecular complexity index is 1430. The first kappa shape index (κ1) is 27.8. The van der Waals surface area contributed by atoms with Crippen LogP contribution < -0.4 is 20.2 Å². The van der Waals surface area contributed by atoms with Gasteiger partial charge in [-0.05, 0) is 79.9 Å². The molecule has 38 heavy (non-hydrogen) atoms. The first-order valence-corrected chi connectivity index (χ1v) is 14.3. The second-order valence-electron chi connectivity index (χ2n) is 8.80. The van der Waals surface area contributed by atoms with Crippen LogP contribution in [0.2, 0.25) is 5.02 Å². The van der Waals surface area contributed by atoms with E-state index in [4.69, 9.17) is 28.1 Å². The van der Waals surface area contributed by atoms with Crippen molar-refractivity contribution in [2.24, 2.45) is 0 Å². The summed E-state index contributed by atoms with van der Waals surface area (Å²) in [4.78, 5) is 37.1. The van der Waals surface area contributed by atoms with Crippen molar-refractivity contribution in [1.82, 2.24) is 14.8 Å². The summed E-state index contributed by atoms with van der Waals surface area (Å²) >= 11 is 11.6. The monoisotopic (exact) mass is 577 g/mol. The van der Waals surface area contributed by atoms with Gasteiger partial charge < -0.3 is 15.4 Å². The third kappa shape index (κ3) is 6.98. The molecule has 13 heteroatoms. The van der Waals surface area contributed by atoms with Gasteiger partial charge in [0.25, 0.3) is 11.8 Å². The van der Waals surface area contributed by atoms with Crippen LogP contribution in [0.25, 0.3) is 0 Å². The van der Waals surface area contributed by atoms with E-state index < -0.39 is 21.7 Å². The molecule has 2 aromatic heterocycles. The first-order chi connectivity index (χ1) is 18.1. The molecule has 0 saturated heterocycles. The number of anilines is 2. The van der Waals surface area contributed by atoms with Gasteiger partial charge in [-0.2, -0.15) is 0 Å². The molecule has 4 rings (SSSR count). The normalized spacial score (nSPS) is 17.4. The van der Waals surface area contributed by atoms with Crippen LogP contribution in [-0.4, -0.2) is 48.6 Å². The van der Waals surface area contributed by atoms with Gasteiger partial charge in [0.15, 0.2) is 15.5 Å². The molecule has 10 nitrogen and oxygen atoms in total. The Morgan fingerprint density at radius 3 is 2.42 bits per heavy atom. The zero-order chi connectivity index (χ0) is 27.3. The summed E-state index contributed by atoms with van der Waals surface area (Å²) in [6.07, 6.45) is 6.58. The number of nitrogens with zero attached hydrogens (tertiary/aromatic N) is 2. The molecule has 1 saturated carbocycles. The fourth-order valence-corrected chi connectivity index (χ4v) is 4.96. The number of halogens is 2. The Morgan fingerprint density at radius 2 is 1.76 bits per heavy atom. The summed E-state index contributed by atoms with van der Waals surface area (Å²) in [5.74, 6) is -0.798. The number of pyridine rings is 2. The molecule has 3 N–H and O–H groups in total. The molecule has 1 aliphatic rings. The lowest BCUT2D eigenvalue weighted by molar-refractivity contribution is 0.101. The summed E-state index contributed by atoms with van der Waals surface area (Å²) in [6, 6.07) is 10.5. The number of ether oxygens (including phenoxy) is 1. The maximum atomic E-state index is 13.4. The van der Waals surface area contributed by atoms with Gasteiger partial charge in [-0.25, -0.2) is 23.2 Å². The van der Waals surface area contributed by atoms with E-state index in [0.29, 0.717) is 17.9 Å².